The maximum Gasteiger partial charge on any atom is 0.0575 e. The van der Waals surface area contributed by atoms with Crippen LogP contribution in [0.5, 0.6) is 0 Å². The van der Waals surface area contributed by atoms with Gasteiger partial charge in [0.25, 0.3) is 0 Å². The second-order valence-electron chi connectivity index (χ2n) is 5.33. The Balaban J connectivity index is 4.54. The molecule has 3 nitrogen and oxygen atoms in total. The van der Waals surface area contributed by atoms with Gasteiger partial charge in [0.2, 0.25) is 0 Å². The number of aliphatic hydroxyl groups is 2. The second-order valence-corrected chi connectivity index (χ2v) is 5.33. The van der Waals surface area contributed by atoms with E-state index in [1.165, 1.54) is 0 Å². The van der Waals surface area contributed by atoms with Gasteiger partial charge < -0.3 is 10.2 Å². The standard InChI is InChI=1S/C13H29NO2/c1-6-12(7-2)14(8-9-15)10-13(4,5)11(3)16/h11-12,15-16H,6-10H2,1-5H3. The molecule has 0 rings (SSSR count). The Labute approximate surface area is 100 Å². The van der Waals surface area contributed by atoms with Crippen molar-refractivity contribution in [1.82, 2.24) is 4.90 Å². The van der Waals surface area contributed by atoms with E-state index >= 15 is 0 Å². The van der Waals surface area contributed by atoms with Gasteiger partial charge in [-0.2, -0.15) is 0 Å². The summed E-state index contributed by atoms with van der Waals surface area (Å²) in [5.41, 5.74) is -0.127. The van der Waals surface area contributed by atoms with Crippen molar-refractivity contribution in [2.75, 3.05) is 19.7 Å². The van der Waals surface area contributed by atoms with Gasteiger partial charge in [-0.05, 0) is 19.8 Å². The summed E-state index contributed by atoms with van der Waals surface area (Å²) in [5.74, 6) is 0. The summed E-state index contributed by atoms with van der Waals surface area (Å²) in [5, 5.41) is 18.8. The van der Waals surface area contributed by atoms with E-state index in [-0.39, 0.29) is 18.1 Å². The maximum atomic E-state index is 9.74. The zero-order valence-corrected chi connectivity index (χ0v) is 11.5. The summed E-state index contributed by atoms with van der Waals surface area (Å²) >= 11 is 0. The van der Waals surface area contributed by atoms with E-state index in [0.717, 1.165) is 19.4 Å². The molecule has 0 heterocycles. The number of rotatable bonds is 8. The van der Waals surface area contributed by atoms with Crippen molar-refractivity contribution in [3.8, 4) is 0 Å². The number of nitrogens with zero attached hydrogens (tertiary/aromatic N) is 1. The van der Waals surface area contributed by atoms with Crippen LogP contribution in [0, 0.1) is 5.41 Å². The molecule has 0 saturated carbocycles. The van der Waals surface area contributed by atoms with Crippen molar-refractivity contribution in [3.05, 3.63) is 0 Å². The van der Waals surface area contributed by atoms with Crippen LogP contribution >= 0.6 is 0 Å². The number of hydrogen-bond donors (Lipinski definition) is 2. The molecule has 0 aliphatic carbocycles. The minimum absolute atomic E-state index is 0.127. The molecule has 0 fully saturated rings. The van der Waals surface area contributed by atoms with E-state index in [1.54, 1.807) is 0 Å². The van der Waals surface area contributed by atoms with Gasteiger partial charge in [-0.3, -0.25) is 4.90 Å². The lowest BCUT2D eigenvalue weighted by atomic mass is 9.86. The van der Waals surface area contributed by atoms with Gasteiger partial charge in [0.1, 0.15) is 0 Å². The first-order chi connectivity index (χ1) is 7.38. The SMILES string of the molecule is CCC(CC)N(CCO)CC(C)(C)C(C)O. The molecule has 0 spiro atoms. The van der Waals surface area contributed by atoms with Crippen molar-refractivity contribution in [2.24, 2.45) is 5.41 Å². The van der Waals surface area contributed by atoms with E-state index < -0.39 is 0 Å². The largest absolute Gasteiger partial charge is 0.395 e. The normalized spacial score (nSPS) is 14.8. The predicted molar refractivity (Wildman–Crippen MR) is 68.5 cm³/mol. The molecule has 0 aromatic heterocycles. The van der Waals surface area contributed by atoms with Crippen LogP contribution in [0.1, 0.15) is 47.5 Å². The highest BCUT2D eigenvalue weighted by Gasteiger charge is 2.28. The topological polar surface area (TPSA) is 43.7 Å². The van der Waals surface area contributed by atoms with Crippen LogP contribution in [0.2, 0.25) is 0 Å². The van der Waals surface area contributed by atoms with Crippen molar-refractivity contribution >= 4 is 0 Å². The monoisotopic (exact) mass is 231 g/mol. The van der Waals surface area contributed by atoms with Gasteiger partial charge in [-0.1, -0.05) is 27.7 Å². The lowest BCUT2D eigenvalue weighted by Gasteiger charge is -2.38. The molecule has 3 heteroatoms. The number of aliphatic hydroxyl groups excluding tert-OH is 2. The summed E-state index contributed by atoms with van der Waals surface area (Å²) < 4.78 is 0. The molecule has 2 N–H and O–H groups in total. The molecule has 98 valence electrons. The molecule has 0 aliphatic rings. The van der Waals surface area contributed by atoms with Gasteiger partial charge in [0, 0.05) is 24.5 Å². The van der Waals surface area contributed by atoms with E-state index in [4.69, 9.17) is 5.11 Å². The average Bonchev–Trinajstić information content (AvgIpc) is 2.19. The fourth-order valence-electron chi connectivity index (χ4n) is 1.98. The first-order valence-corrected chi connectivity index (χ1v) is 6.42. The maximum absolute atomic E-state index is 9.74. The van der Waals surface area contributed by atoms with Crippen LogP contribution in [0.15, 0.2) is 0 Å². The first kappa shape index (κ1) is 15.9. The van der Waals surface area contributed by atoms with Crippen LogP contribution in [0.25, 0.3) is 0 Å². The quantitative estimate of drug-likeness (QED) is 0.670. The summed E-state index contributed by atoms with van der Waals surface area (Å²) in [4.78, 5) is 2.30. The molecule has 0 bridgehead atoms. The van der Waals surface area contributed by atoms with E-state index in [0.29, 0.717) is 12.6 Å². The Bertz CT molecular complexity index is 177. The summed E-state index contributed by atoms with van der Waals surface area (Å²) in [6.07, 6.45) is 1.85. The zero-order valence-electron chi connectivity index (χ0n) is 11.5. The van der Waals surface area contributed by atoms with Crippen LogP contribution in [-0.2, 0) is 0 Å². The molecule has 0 saturated heterocycles. The minimum Gasteiger partial charge on any atom is -0.395 e. The van der Waals surface area contributed by atoms with Crippen LogP contribution < -0.4 is 0 Å². The van der Waals surface area contributed by atoms with E-state index in [1.807, 2.05) is 6.92 Å². The molecule has 0 radical (unpaired) electrons. The van der Waals surface area contributed by atoms with Gasteiger partial charge in [-0.15, -0.1) is 0 Å². The third-order valence-corrected chi connectivity index (χ3v) is 3.59. The van der Waals surface area contributed by atoms with Gasteiger partial charge in [0.05, 0.1) is 12.7 Å². The zero-order chi connectivity index (χ0) is 12.8. The lowest BCUT2D eigenvalue weighted by molar-refractivity contribution is 0.0149. The Morgan fingerprint density at radius 3 is 2.00 bits per heavy atom. The van der Waals surface area contributed by atoms with Crippen molar-refractivity contribution < 1.29 is 10.2 Å². The number of hydrogen-bond acceptors (Lipinski definition) is 3. The van der Waals surface area contributed by atoms with E-state index in [2.05, 4.69) is 32.6 Å². The van der Waals surface area contributed by atoms with Gasteiger partial charge in [0.15, 0.2) is 0 Å². The summed E-state index contributed by atoms with van der Waals surface area (Å²) in [6, 6.07) is 0.505. The molecule has 0 aromatic rings. The molecule has 0 amide bonds. The van der Waals surface area contributed by atoms with Gasteiger partial charge >= 0.3 is 0 Å². The highest BCUT2D eigenvalue weighted by molar-refractivity contribution is 4.81. The molecule has 0 aliphatic heterocycles. The van der Waals surface area contributed by atoms with Gasteiger partial charge in [-0.25, -0.2) is 0 Å². The highest BCUT2D eigenvalue weighted by atomic mass is 16.3. The minimum atomic E-state index is -0.331. The molecule has 1 atom stereocenters. The Morgan fingerprint density at radius 2 is 1.69 bits per heavy atom. The summed E-state index contributed by atoms with van der Waals surface area (Å²) in [6.45, 7) is 12.0. The third kappa shape index (κ3) is 4.81. The van der Waals surface area contributed by atoms with E-state index in [9.17, 15) is 5.11 Å². The van der Waals surface area contributed by atoms with Crippen molar-refractivity contribution in [3.63, 3.8) is 0 Å². The van der Waals surface area contributed by atoms with Crippen molar-refractivity contribution in [1.29, 1.82) is 0 Å². The lowest BCUT2D eigenvalue weighted by Crippen LogP contribution is -2.46. The van der Waals surface area contributed by atoms with Crippen molar-refractivity contribution in [2.45, 2.75) is 59.6 Å². The summed E-state index contributed by atoms with van der Waals surface area (Å²) in [7, 11) is 0. The molecule has 16 heavy (non-hydrogen) atoms. The van der Waals surface area contributed by atoms with Crippen LogP contribution in [0.3, 0.4) is 0 Å². The second kappa shape index (κ2) is 7.25. The Morgan fingerprint density at radius 1 is 1.19 bits per heavy atom. The molecule has 1 unspecified atom stereocenters. The Hall–Kier alpha value is -0.120. The van der Waals surface area contributed by atoms with Crippen LogP contribution in [0.4, 0.5) is 0 Å². The van der Waals surface area contributed by atoms with Crippen LogP contribution in [-0.4, -0.2) is 47.0 Å². The smallest absolute Gasteiger partial charge is 0.0575 e. The third-order valence-electron chi connectivity index (χ3n) is 3.59. The predicted octanol–water partition coefficient (Wildman–Crippen LogP) is 1.88. The first-order valence-electron chi connectivity index (χ1n) is 6.42. The fraction of sp³-hybridized carbons (Fsp3) is 1.00. The average molecular weight is 231 g/mol. The molecular formula is C13H29NO2. The fourth-order valence-corrected chi connectivity index (χ4v) is 1.98. The Kier molecular flexibility index (Phi) is 7.20. The molecular weight excluding hydrogens is 202 g/mol. The molecule has 0 aromatic carbocycles. The highest BCUT2D eigenvalue weighted by Crippen LogP contribution is 2.24.